The molecule has 0 aromatic heterocycles. The van der Waals surface area contributed by atoms with Crippen LogP contribution in [0.2, 0.25) is 3.98 Å². The molecule has 1 heterocycles. The van der Waals surface area contributed by atoms with Crippen LogP contribution in [-0.4, -0.2) is 85.5 Å². The van der Waals surface area contributed by atoms with Crippen LogP contribution >= 0.6 is 0 Å². The molecule has 1 aliphatic heterocycles. The molecule has 0 unspecified atom stereocenters. The Morgan fingerprint density at radius 2 is 1.70 bits per heavy atom. The van der Waals surface area contributed by atoms with Gasteiger partial charge in [-0.25, -0.2) is 0 Å². The van der Waals surface area contributed by atoms with Gasteiger partial charge < -0.3 is 4.74 Å². The molecule has 1 aromatic rings. The number of esters is 2. The van der Waals surface area contributed by atoms with Gasteiger partial charge in [-0.3, -0.25) is 9.59 Å². The Labute approximate surface area is 248 Å². The second-order valence-electron chi connectivity index (χ2n) is 9.83. The van der Waals surface area contributed by atoms with Crippen LogP contribution in [0.15, 0.2) is 41.7 Å². The number of aliphatic carboxylic acids is 1. The first kappa shape index (κ1) is 33.1. The topological polar surface area (TPSA) is 162 Å². The van der Waals surface area contributed by atoms with Crippen LogP contribution in [0.5, 0.6) is 0 Å². The van der Waals surface area contributed by atoms with Crippen LogP contribution in [0.1, 0.15) is 45.6 Å². The van der Waals surface area contributed by atoms with E-state index in [4.69, 9.17) is 14.2 Å². The number of hydrogen-bond donors (Lipinski definition) is 2. The van der Waals surface area contributed by atoms with Crippen LogP contribution < -0.4 is 5.32 Å². The van der Waals surface area contributed by atoms with E-state index in [-0.39, 0.29) is 31.3 Å². The van der Waals surface area contributed by atoms with E-state index < -0.39 is 72.7 Å². The monoisotopic (exact) mass is 753 g/mol. The number of Topliss-reactive ketones (excluding diaryl/α,β-unsaturated/α-hetero) is 2. The molecule has 0 bridgehead atoms. The SMILES string of the molecule is CC(C)[C@H](CC(=O)OCc1ccccc1)C(=O)N[C@@H](C)C(=O)C[C@@H](CC(=O)O)C(=O)COC1=C([CH2][PbH])C(=O)OC1. The van der Waals surface area contributed by atoms with Crippen molar-refractivity contribution in [2.75, 3.05) is 13.2 Å². The number of nitrogens with one attached hydrogen (secondary N) is 1. The summed E-state index contributed by atoms with van der Waals surface area (Å²) in [6, 6.07) is 8.08. The standard InChI is InChI=1S/C28H34NO10.Pb.H/c1-16(2)21(12-26(34)38-13-19-8-6-5-7-9-19)27(35)29-18(4)22(30)10-20(11-25(32)33)23(31)14-37-24-15-39-28(36)17(24)3;;/h5-9,16,18,20-21H,3,10-15H2,1-2,4H3,(H,29,35)(H,32,33);;/t18-,20-,21-;;/m0../s1. The Kier molecular flexibility index (Phi) is 13.4. The third-order valence-electron chi connectivity index (χ3n) is 6.45. The van der Waals surface area contributed by atoms with Crippen LogP contribution in [0.25, 0.3) is 0 Å². The summed E-state index contributed by atoms with van der Waals surface area (Å²) in [5.74, 6) is -5.91. The van der Waals surface area contributed by atoms with Gasteiger partial charge in [0.1, 0.15) is 6.61 Å². The van der Waals surface area contributed by atoms with Gasteiger partial charge in [0.05, 0.1) is 12.3 Å². The van der Waals surface area contributed by atoms with Gasteiger partial charge in [0, 0.05) is 0 Å². The van der Waals surface area contributed by atoms with E-state index in [1.165, 1.54) is 6.92 Å². The average Bonchev–Trinajstić information content (AvgIpc) is 3.27. The van der Waals surface area contributed by atoms with E-state index >= 15 is 0 Å². The summed E-state index contributed by atoms with van der Waals surface area (Å²) in [4.78, 5) is 74.0. The fourth-order valence-electron chi connectivity index (χ4n) is 3.96. The summed E-state index contributed by atoms with van der Waals surface area (Å²) in [5, 5.41) is 11.9. The first-order valence-electron chi connectivity index (χ1n) is 12.9. The number of carbonyl (C=O) groups excluding carboxylic acids is 5. The molecule has 216 valence electrons. The number of carboxylic acid groups (broad SMARTS) is 1. The van der Waals surface area contributed by atoms with Gasteiger partial charge in [-0.15, -0.1) is 0 Å². The number of carbonyl (C=O) groups is 6. The Hall–Kier alpha value is -3.10. The molecular weight excluding hydrogens is 718 g/mol. The molecular formula is C28H35NO10Pb. The first-order chi connectivity index (χ1) is 18.9. The molecule has 0 saturated carbocycles. The number of rotatable bonds is 17. The minimum atomic E-state index is -1.27. The zero-order chi connectivity index (χ0) is 29.8. The third-order valence-corrected chi connectivity index (χ3v) is 8.03. The van der Waals surface area contributed by atoms with Crippen molar-refractivity contribution in [1.29, 1.82) is 0 Å². The molecule has 1 aliphatic rings. The molecule has 0 fully saturated rings. The zero-order valence-electron chi connectivity index (χ0n) is 22.8. The fourth-order valence-corrected chi connectivity index (χ4v) is 5.49. The summed E-state index contributed by atoms with van der Waals surface area (Å²) >= 11 is 0.476. The number of carboxylic acids is 1. The summed E-state index contributed by atoms with van der Waals surface area (Å²) in [6.07, 6.45) is -1.20. The molecule has 1 amide bonds. The summed E-state index contributed by atoms with van der Waals surface area (Å²) < 4.78 is 16.2. The number of ether oxygens (including phenoxy) is 3. The van der Waals surface area contributed by atoms with Gasteiger partial charge in [-0.05, 0) is 11.5 Å². The molecule has 3 atom stereocenters. The summed E-state index contributed by atoms with van der Waals surface area (Å²) in [5.41, 5.74) is 1.19. The fraction of sp³-hybridized carbons (Fsp3) is 0.500. The Balaban J connectivity index is 1.95. The summed E-state index contributed by atoms with van der Waals surface area (Å²) in [6.45, 7) is 4.46. The van der Waals surface area contributed by atoms with Crippen molar-refractivity contribution in [2.45, 2.75) is 56.7 Å². The molecule has 0 spiro atoms. The van der Waals surface area contributed by atoms with Crippen LogP contribution in [0.4, 0.5) is 0 Å². The molecule has 40 heavy (non-hydrogen) atoms. The van der Waals surface area contributed by atoms with Crippen molar-refractivity contribution in [1.82, 2.24) is 5.32 Å². The van der Waals surface area contributed by atoms with Gasteiger partial charge in [0.25, 0.3) is 0 Å². The van der Waals surface area contributed by atoms with Crippen molar-refractivity contribution in [3.05, 3.63) is 47.2 Å². The molecule has 12 heteroatoms. The van der Waals surface area contributed by atoms with Crippen LogP contribution in [-0.2, 0) is 49.6 Å². The van der Waals surface area contributed by atoms with Gasteiger partial charge in [0.2, 0.25) is 0 Å². The zero-order valence-corrected chi connectivity index (χ0v) is 27.3. The quantitative estimate of drug-likeness (QED) is 0.177. The number of hydrogen-bond acceptors (Lipinski definition) is 9. The average molecular weight is 753 g/mol. The van der Waals surface area contributed by atoms with E-state index in [1.807, 2.05) is 30.3 Å². The predicted molar refractivity (Wildman–Crippen MR) is 143 cm³/mol. The maximum absolute atomic E-state index is 12.9. The van der Waals surface area contributed by atoms with Gasteiger partial charge in [-0.1, -0.05) is 44.2 Å². The van der Waals surface area contributed by atoms with Crippen molar-refractivity contribution >= 4 is 61.1 Å². The van der Waals surface area contributed by atoms with Crippen LogP contribution in [0, 0.1) is 17.8 Å². The van der Waals surface area contributed by atoms with E-state index in [9.17, 15) is 33.9 Å². The first-order valence-corrected chi connectivity index (χ1v) is 16.1. The summed E-state index contributed by atoms with van der Waals surface area (Å²) in [7, 11) is 0. The minimum absolute atomic E-state index is 0.0755. The Morgan fingerprint density at radius 1 is 1.02 bits per heavy atom. The van der Waals surface area contributed by atoms with E-state index in [2.05, 4.69) is 5.32 Å². The maximum atomic E-state index is 12.9. The molecule has 1 aromatic carbocycles. The van der Waals surface area contributed by atoms with Crippen molar-refractivity contribution in [3.63, 3.8) is 0 Å². The molecule has 2 rings (SSSR count). The van der Waals surface area contributed by atoms with Crippen molar-refractivity contribution < 1.29 is 48.1 Å². The number of amides is 1. The van der Waals surface area contributed by atoms with E-state index in [0.717, 1.165) is 5.56 Å². The third kappa shape index (κ3) is 10.5. The predicted octanol–water partition coefficient (Wildman–Crippen LogP) is 1.66. The van der Waals surface area contributed by atoms with Crippen molar-refractivity contribution in [2.24, 2.45) is 17.8 Å². The molecule has 2 N–H and O–H groups in total. The van der Waals surface area contributed by atoms with E-state index in [1.54, 1.807) is 13.8 Å². The van der Waals surface area contributed by atoms with Gasteiger partial charge in [0.15, 0.2) is 0 Å². The number of cyclic esters (lactones) is 1. The van der Waals surface area contributed by atoms with Gasteiger partial charge >= 0.3 is 160 Å². The molecule has 0 aliphatic carbocycles. The second kappa shape index (κ2) is 16.2. The van der Waals surface area contributed by atoms with Gasteiger partial charge in [-0.2, -0.15) is 0 Å². The molecule has 11 nitrogen and oxygen atoms in total. The number of ketones is 2. The van der Waals surface area contributed by atoms with E-state index in [0.29, 0.717) is 35.3 Å². The molecule has 2 radical (unpaired) electrons. The van der Waals surface area contributed by atoms with Crippen molar-refractivity contribution in [3.8, 4) is 0 Å². The normalized spacial score (nSPS) is 15.2. The Bertz CT molecular complexity index is 1130. The second-order valence-corrected chi connectivity index (χ2v) is 11.4. The Morgan fingerprint density at radius 3 is 2.30 bits per heavy atom. The van der Waals surface area contributed by atoms with Crippen LogP contribution in [0.3, 0.4) is 0 Å². The number of benzene rings is 1. The molecule has 0 saturated heterocycles.